The summed E-state index contributed by atoms with van der Waals surface area (Å²) in [7, 11) is -8.94. The van der Waals surface area contributed by atoms with Gasteiger partial charge in [-0.25, -0.2) is 0 Å². The highest BCUT2D eigenvalue weighted by atomic mass is 35.5. The van der Waals surface area contributed by atoms with E-state index in [4.69, 9.17) is 20.7 Å². The maximum atomic E-state index is 11.7. The van der Waals surface area contributed by atoms with E-state index in [1.165, 1.54) is 34.7 Å². The van der Waals surface area contributed by atoms with Gasteiger partial charge in [0.05, 0.1) is 0 Å². The first kappa shape index (κ1) is 28.2. The fourth-order valence-corrected chi connectivity index (χ4v) is 6.92. The number of carboxylic acid groups (broad SMARTS) is 1. The van der Waals surface area contributed by atoms with Crippen LogP contribution in [0.2, 0.25) is 5.02 Å². The molecular weight excluding hydrogens is 574 g/mol. The Kier molecular flexibility index (Phi) is 8.23. The summed E-state index contributed by atoms with van der Waals surface area (Å²) in [6, 6.07) is 16.1. The summed E-state index contributed by atoms with van der Waals surface area (Å²) in [4.78, 5) is 14.2. The summed E-state index contributed by atoms with van der Waals surface area (Å²) < 4.78 is 62.7. The van der Waals surface area contributed by atoms with Crippen LogP contribution in [0.4, 0.5) is 0 Å². The number of carboxylic acids is 1. The van der Waals surface area contributed by atoms with E-state index in [-0.39, 0.29) is 10.8 Å². The molecule has 0 spiro atoms. The first-order valence-corrected chi connectivity index (χ1v) is 15.2. The van der Waals surface area contributed by atoms with Crippen LogP contribution in [0.1, 0.15) is 22.0 Å². The lowest BCUT2D eigenvalue weighted by atomic mass is 10.0. The summed E-state index contributed by atoms with van der Waals surface area (Å²) in [5, 5.41) is 12.2. The second-order valence-corrected chi connectivity index (χ2v) is 12.6. The second-order valence-electron chi connectivity index (χ2n) is 8.41. The summed E-state index contributed by atoms with van der Waals surface area (Å²) >= 11 is 7.92. The van der Waals surface area contributed by atoms with Crippen LogP contribution in [0.15, 0.2) is 81.9 Å². The normalized spacial score (nSPS) is 14.8. The lowest BCUT2D eigenvalue weighted by molar-refractivity contribution is -0.144. The molecule has 200 valence electrons. The van der Waals surface area contributed by atoms with Crippen molar-refractivity contribution in [2.75, 3.05) is 6.54 Å². The van der Waals surface area contributed by atoms with Crippen molar-refractivity contribution in [3.8, 4) is 0 Å². The highest BCUT2D eigenvalue weighted by Gasteiger charge is 2.31. The number of carbonyl (C=O) groups is 1. The lowest BCUT2D eigenvalue weighted by Crippen LogP contribution is -2.37. The Bertz CT molecular complexity index is 1650. The molecule has 9 nitrogen and oxygen atoms in total. The van der Waals surface area contributed by atoms with Crippen molar-refractivity contribution in [1.29, 1.82) is 0 Å². The third-order valence-electron chi connectivity index (χ3n) is 6.03. The Balaban J connectivity index is 0.000000178. The van der Waals surface area contributed by atoms with Crippen molar-refractivity contribution >= 4 is 59.9 Å². The van der Waals surface area contributed by atoms with Gasteiger partial charge < -0.3 is 5.11 Å². The Morgan fingerprint density at radius 1 is 0.868 bits per heavy atom. The quantitative estimate of drug-likeness (QED) is 0.273. The molecule has 0 bridgehead atoms. The fraction of sp³-hybridized carbons (Fsp3) is 0.160. The number of halogens is 1. The molecule has 0 saturated heterocycles. The first-order valence-electron chi connectivity index (χ1n) is 11.1. The number of hydrogen-bond donors (Lipinski definition) is 3. The van der Waals surface area contributed by atoms with Crippen LogP contribution in [0, 0.1) is 0 Å². The monoisotopic (exact) mass is 595 g/mol. The molecule has 1 aliphatic heterocycles. The Morgan fingerprint density at radius 3 is 1.97 bits per heavy atom. The fourth-order valence-electron chi connectivity index (χ4n) is 4.38. The van der Waals surface area contributed by atoms with Gasteiger partial charge in [-0.15, -0.1) is 11.3 Å². The summed E-state index contributed by atoms with van der Waals surface area (Å²) in [6.45, 7) is 1.41. The minimum atomic E-state index is -4.47. The molecule has 0 saturated carbocycles. The molecule has 1 atom stereocenters. The van der Waals surface area contributed by atoms with Crippen LogP contribution < -0.4 is 0 Å². The molecule has 3 N–H and O–H groups in total. The average Bonchev–Trinajstić information content (AvgIpc) is 3.32. The average molecular weight is 596 g/mol. The predicted octanol–water partition coefficient (Wildman–Crippen LogP) is 4.92. The van der Waals surface area contributed by atoms with E-state index >= 15 is 0 Å². The standard InChI is InChI=1S/C15H14ClNO2S.C10H8O6S2/c16-12-4-2-1-3-11(12)14(15(18)19)17-7-5-13-10(9-17)6-8-20-13;11-17(12,13)9-5-1-3-7-8(9)4-2-6-10(7)18(14,15)16/h1-4,6,8,14H,5,7,9H2,(H,18,19);1-6H,(H,11,12,13)(H,14,15,16)/t14-;/m0./s1. The highest BCUT2D eigenvalue weighted by molar-refractivity contribution is 7.86. The molecule has 1 aromatic heterocycles. The van der Waals surface area contributed by atoms with Crippen molar-refractivity contribution in [3.05, 3.63) is 93.1 Å². The maximum Gasteiger partial charge on any atom is 0.325 e. The van der Waals surface area contributed by atoms with E-state index < -0.39 is 42.0 Å². The number of benzene rings is 3. The molecule has 2 heterocycles. The van der Waals surface area contributed by atoms with E-state index in [0.717, 1.165) is 25.1 Å². The third-order valence-corrected chi connectivity index (χ3v) is 9.22. The molecule has 0 aliphatic carbocycles. The molecule has 4 aromatic rings. The second kappa shape index (κ2) is 11.1. The zero-order valence-electron chi connectivity index (χ0n) is 19.6. The van der Waals surface area contributed by atoms with Crippen LogP contribution in [0.25, 0.3) is 10.8 Å². The molecule has 13 heteroatoms. The number of hydrogen-bond acceptors (Lipinski definition) is 7. The molecule has 1 aliphatic rings. The minimum Gasteiger partial charge on any atom is -0.480 e. The molecule has 0 amide bonds. The molecule has 38 heavy (non-hydrogen) atoms. The smallest absolute Gasteiger partial charge is 0.325 e. The number of aliphatic carboxylic acids is 1. The van der Waals surface area contributed by atoms with Gasteiger partial charge in [0.2, 0.25) is 0 Å². The van der Waals surface area contributed by atoms with E-state index in [1.807, 2.05) is 17.0 Å². The van der Waals surface area contributed by atoms with Crippen LogP contribution in [-0.2, 0) is 38.0 Å². The SMILES string of the molecule is O=C(O)[C@H](c1ccccc1Cl)N1CCc2sccc2C1.O=S(=O)(O)c1cccc2c(S(=O)(=O)O)cccc12. The zero-order valence-corrected chi connectivity index (χ0v) is 22.8. The van der Waals surface area contributed by atoms with Crippen LogP contribution >= 0.6 is 22.9 Å². The van der Waals surface area contributed by atoms with Gasteiger partial charge in [-0.1, -0.05) is 54.1 Å². The Labute approximate surface area is 228 Å². The summed E-state index contributed by atoms with van der Waals surface area (Å²) in [5.41, 5.74) is 1.90. The van der Waals surface area contributed by atoms with E-state index in [2.05, 4.69) is 11.4 Å². The lowest BCUT2D eigenvalue weighted by Gasteiger charge is -2.32. The van der Waals surface area contributed by atoms with Crippen LogP contribution in [-0.4, -0.2) is 48.5 Å². The van der Waals surface area contributed by atoms with E-state index in [9.17, 15) is 26.7 Å². The van der Waals surface area contributed by atoms with Gasteiger partial charge in [-0.2, -0.15) is 16.8 Å². The van der Waals surface area contributed by atoms with Crippen molar-refractivity contribution < 1.29 is 35.8 Å². The van der Waals surface area contributed by atoms with E-state index in [1.54, 1.807) is 23.5 Å². The van der Waals surface area contributed by atoms with Gasteiger partial charge in [0.25, 0.3) is 20.2 Å². The first-order chi connectivity index (χ1) is 17.9. The molecule has 3 aromatic carbocycles. The number of nitrogens with zero attached hydrogens (tertiary/aromatic N) is 1. The molecule has 5 rings (SSSR count). The topological polar surface area (TPSA) is 149 Å². The van der Waals surface area contributed by atoms with Gasteiger partial charge in [-0.05, 0) is 47.2 Å². The number of thiophene rings is 1. The highest BCUT2D eigenvalue weighted by Crippen LogP contribution is 2.33. The molecular formula is C25H22ClNO8S3. The number of fused-ring (bicyclic) bond motifs is 2. The van der Waals surface area contributed by atoms with Crippen molar-refractivity contribution in [2.24, 2.45) is 0 Å². The largest absolute Gasteiger partial charge is 0.480 e. The van der Waals surface area contributed by atoms with Crippen LogP contribution in [0.5, 0.6) is 0 Å². The van der Waals surface area contributed by atoms with Gasteiger partial charge in [0, 0.05) is 33.8 Å². The molecule has 0 fully saturated rings. The van der Waals surface area contributed by atoms with Gasteiger partial charge in [0.1, 0.15) is 15.8 Å². The summed E-state index contributed by atoms with van der Waals surface area (Å²) in [5.74, 6) is -0.850. The third kappa shape index (κ3) is 6.07. The summed E-state index contributed by atoms with van der Waals surface area (Å²) in [6.07, 6.45) is 0.904. The zero-order chi connectivity index (χ0) is 27.7. The van der Waals surface area contributed by atoms with Gasteiger partial charge in [0.15, 0.2) is 0 Å². The Hall–Kier alpha value is -2.84. The minimum absolute atomic E-state index is 0.0233. The van der Waals surface area contributed by atoms with Crippen LogP contribution in [0.3, 0.4) is 0 Å². The van der Waals surface area contributed by atoms with Gasteiger partial charge >= 0.3 is 5.97 Å². The van der Waals surface area contributed by atoms with Crippen molar-refractivity contribution in [2.45, 2.75) is 28.8 Å². The van der Waals surface area contributed by atoms with E-state index in [0.29, 0.717) is 17.1 Å². The Morgan fingerprint density at radius 2 is 1.45 bits per heavy atom. The number of rotatable bonds is 5. The maximum absolute atomic E-state index is 11.7. The van der Waals surface area contributed by atoms with Gasteiger partial charge in [-0.3, -0.25) is 18.8 Å². The van der Waals surface area contributed by atoms with Crippen molar-refractivity contribution in [3.63, 3.8) is 0 Å². The molecule has 0 unspecified atom stereocenters. The van der Waals surface area contributed by atoms with Crippen molar-refractivity contribution in [1.82, 2.24) is 4.90 Å². The predicted molar refractivity (Wildman–Crippen MR) is 144 cm³/mol. The molecule has 0 radical (unpaired) electrons.